The van der Waals surface area contributed by atoms with Crippen LogP contribution in [0.1, 0.15) is 19.3 Å². The predicted molar refractivity (Wildman–Crippen MR) is 116 cm³/mol. The number of nitrogens with two attached hydrogens (primary N) is 4. The highest BCUT2D eigenvalue weighted by Gasteiger charge is 2.30. The van der Waals surface area contributed by atoms with Crippen LogP contribution in [0.5, 0.6) is 0 Å². The number of guanidine groups is 1. The van der Waals surface area contributed by atoms with Gasteiger partial charge in [0, 0.05) is 12.3 Å². The van der Waals surface area contributed by atoms with Crippen molar-refractivity contribution >= 4 is 48.2 Å². The van der Waals surface area contributed by atoms with Crippen LogP contribution in [-0.2, 0) is 24.0 Å². The fourth-order valence-electron chi connectivity index (χ4n) is 2.27. The molecule has 0 aromatic carbocycles. The van der Waals surface area contributed by atoms with Gasteiger partial charge in [-0.2, -0.15) is 12.6 Å². The first kappa shape index (κ1) is 28.9. The summed E-state index contributed by atoms with van der Waals surface area (Å²) in [4.78, 5) is 63.0. The summed E-state index contributed by atoms with van der Waals surface area (Å²) in [6.45, 7) is -0.510. The summed E-state index contributed by atoms with van der Waals surface area (Å²) in [7, 11) is 0. The normalized spacial score (nSPS) is 14.2. The van der Waals surface area contributed by atoms with Crippen molar-refractivity contribution in [2.45, 2.75) is 43.4 Å². The minimum Gasteiger partial charge on any atom is -0.480 e. The van der Waals surface area contributed by atoms with E-state index < -0.39 is 66.8 Å². The van der Waals surface area contributed by atoms with Gasteiger partial charge in [0.25, 0.3) is 0 Å². The summed E-state index contributed by atoms with van der Waals surface area (Å²) in [6, 6.07) is -5.36. The SMILES string of the molecule is NC(=O)CC(NC(=O)C(CS)NC(=O)C(CCCN=C(N)N)NC(=O)C(N)CO)C(=O)O. The van der Waals surface area contributed by atoms with Gasteiger partial charge in [-0.25, -0.2) is 4.79 Å². The Kier molecular flexibility index (Phi) is 13.4. The third-order valence-electron chi connectivity index (χ3n) is 3.95. The molecule has 0 saturated carbocycles. The van der Waals surface area contributed by atoms with E-state index in [-0.39, 0.29) is 31.1 Å². The van der Waals surface area contributed by atoms with E-state index in [2.05, 4.69) is 33.6 Å². The number of carbonyl (C=O) groups is 5. The van der Waals surface area contributed by atoms with E-state index in [1.807, 2.05) is 0 Å². The molecule has 4 unspecified atom stereocenters. The van der Waals surface area contributed by atoms with E-state index >= 15 is 0 Å². The molecule has 182 valence electrons. The highest BCUT2D eigenvalue weighted by atomic mass is 32.1. The van der Waals surface area contributed by atoms with Crippen LogP contribution in [-0.4, -0.2) is 88.8 Å². The number of aliphatic imine (C=N–C) groups is 1. The molecule has 4 atom stereocenters. The van der Waals surface area contributed by atoms with Gasteiger partial charge in [0.2, 0.25) is 23.6 Å². The first-order valence-electron chi connectivity index (χ1n) is 9.37. The highest BCUT2D eigenvalue weighted by molar-refractivity contribution is 7.80. The molecule has 0 saturated heterocycles. The van der Waals surface area contributed by atoms with Crippen molar-refractivity contribution in [3.63, 3.8) is 0 Å². The summed E-state index contributed by atoms with van der Waals surface area (Å²) in [5.74, 6) is -5.38. The number of thiol groups is 1. The Hall–Kier alpha value is -3.11. The van der Waals surface area contributed by atoms with Gasteiger partial charge in [-0.05, 0) is 12.8 Å². The van der Waals surface area contributed by atoms with Gasteiger partial charge in [-0.3, -0.25) is 24.2 Å². The molecule has 0 aliphatic rings. The van der Waals surface area contributed by atoms with Crippen molar-refractivity contribution in [2.75, 3.05) is 18.9 Å². The van der Waals surface area contributed by atoms with Gasteiger partial charge < -0.3 is 49.1 Å². The molecule has 0 aliphatic heterocycles. The molecule has 0 spiro atoms. The molecular formula is C16H30N8O7S. The number of nitrogens with zero attached hydrogens (tertiary/aromatic N) is 1. The lowest BCUT2D eigenvalue weighted by atomic mass is 10.1. The Labute approximate surface area is 189 Å². The maximum Gasteiger partial charge on any atom is 0.326 e. The van der Waals surface area contributed by atoms with Crippen molar-refractivity contribution in [2.24, 2.45) is 27.9 Å². The fourth-order valence-corrected chi connectivity index (χ4v) is 2.53. The molecule has 0 rings (SSSR count). The van der Waals surface area contributed by atoms with Crippen LogP contribution in [0.3, 0.4) is 0 Å². The molecule has 15 nitrogen and oxygen atoms in total. The van der Waals surface area contributed by atoms with Crippen LogP contribution >= 0.6 is 12.6 Å². The van der Waals surface area contributed by atoms with E-state index in [1.54, 1.807) is 0 Å². The first-order chi connectivity index (χ1) is 14.9. The van der Waals surface area contributed by atoms with E-state index in [0.717, 1.165) is 0 Å². The van der Waals surface area contributed by atoms with Crippen molar-refractivity contribution in [1.82, 2.24) is 16.0 Å². The Bertz CT molecular complexity index is 717. The van der Waals surface area contributed by atoms with Crippen LogP contribution in [0.25, 0.3) is 0 Å². The van der Waals surface area contributed by atoms with Crippen LogP contribution in [0.15, 0.2) is 4.99 Å². The standard InChI is InChI=1S/C16H30N8O7S/c17-7(5-25)12(27)22-8(2-1-3-21-16(19)20)13(28)24-10(6-32)14(29)23-9(15(30)31)4-11(18)26/h7-10,25,32H,1-6,17H2,(H2,18,26)(H,22,27)(H,23,29)(H,24,28)(H,30,31)(H4,19,20,21). The number of carbonyl (C=O) groups excluding carboxylic acids is 4. The molecule has 0 radical (unpaired) electrons. The zero-order valence-electron chi connectivity index (χ0n) is 17.2. The molecule has 0 fully saturated rings. The molecule has 32 heavy (non-hydrogen) atoms. The van der Waals surface area contributed by atoms with E-state index in [0.29, 0.717) is 0 Å². The number of rotatable bonds is 15. The van der Waals surface area contributed by atoms with E-state index in [9.17, 15) is 24.0 Å². The third-order valence-corrected chi connectivity index (χ3v) is 4.31. The second-order valence-electron chi connectivity index (χ2n) is 6.61. The molecule has 0 aromatic heterocycles. The Morgan fingerprint density at radius 3 is 1.91 bits per heavy atom. The summed E-state index contributed by atoms with van der Waals surface area (Å²) < 4.78 is 0. The topological polar surface area (TPSA) is 278 Å². The number of amides is 4. The van der Waals surface area contributed by atoms with Gasteiger partial charge >= 0.3 is 5.97 Å². The van der Waals surface area contributed by atoms with Gasteiger partial charge in [-0.1, -0.05) is 0 Å². The highest BCUT2D eigenvalue weighted by Crippen LogP contribution is 2.02. The molecule has 16 heteroatoms. The number of hydrogen-bond donors (Lipinski definition) is 10. The second-order valence-corrected chi connectivity index (χ2v) is 6.98. The number of hydrogen-bond acceptors (Lipinski definition) is 9. The average Bonchev–Trinajstić information content (AvgIpc) is 2.71. The minimum absolute atomic E-state index is 0.0485. The zero-order valence-corrected chi connectivity index (χ0v) is 18.1. The van der Waals surface area contributed by atoms with Crippen LogP contribution in [0, 0.1) is 0 Å². The molecular weight excluding hydrogens is 448 g/mol. The molecule has 0 heterocycles. The minimum atomic E-state index is -1.60. The number of aliphatic hydroxyl groups is 1. The number of nitrogens with one attached hydrogen (secondary N) is 3. The lowest BCUT2D eigenvalue weighted by Gasteiger charge is -2.24. The van der Waals surface area contributed by atoms with Crippen molar-refractivity contribution in [3.05, 3.63) is 0 Å². The van der Waals surface area contributed by atoms with Crippen molar-refractivity contribution in [1.29, 1.82) is 0 Å². The monoisotopic (exact) mass is 478 g/mol. The van der Waals surface area contributed by atoms with Crippen molar-refractivity contribution < 1.29 is 34.2 Å². The maximum atomic E-state index is 12.7. The van der Waals surface area contributed by atoms with E-state index in [4.69, 9.17) is 33.1 Å². The fraction of sp³-hybridized carbons (Fsp3) is 0.625. The lowest BCUT2D eigenvalue weighted by molar-refractivity contribution is -0.143. The number of carboxylic acid groups (broad SMARTS) is 1. The summed E-state index contributed by atoms with van der Waals surface area (Å²) in [5.41, 5.74) is 20.9. The smallest absolute Gasteiger partial charge is 0.326 e. The largest absolute Gasteiger partial charge is 0.480 e. The van der Waals surface area contributed by atoms with Gasteiger partial charge in [0.15, 0.2) is 5.96 Å². The number of carboxylic acids is 1. The molecule has 0 bridgehead atoms. The maximum absolute atomic E-state index is 12.7. The van der Waals surface area contributed by atoms with Gasteiger partial charge in [0.1, 0.15) is 24.2 Å². The van der Waals surface area contributed by atoms with Crippen LogP contribution in [0.4, 0.5) is 0 Å². The second kappa shape index (κ2) is 14.8. The quantitative estimate of drug-likeness (QED) is 0.0461. The molecule has 0 aromatic rings. The molecule has 0 aliphatic carbocycles. The molecule has 13 N–H and O–H groups in total. The number of aliphatic carboxylic acids is 1. The number of aliphatic hydroxyl groups excluding tert-OH is 1. The van der Waals surface area contributed by atoms with Crippen LogP contribution < -0.4 is 38.9 Å². The third kappa shape index (κ3) is 11.3. The average molecular weight is 479 g/mol. The first-order valence-corrected chi connectivity index (χ1v) is 10.0. The Morgan fingerprint density at radius 2 is 1.44 bits per heavy atom. The predicted octanol–water partition coefficient (Wildman–Crippen LogP) is -5.30. The zero-order chi connectivity index (χ0) is 24.8. The van der Waals surface area contributed by atoms with E-state index in [1.165, 1.54) is 0 Å². The summed E-state index contributed by atoms with van der Waals surface area (Å²) >= 11 is 3.97. The Morgan fingerprint density at radius 1 is 0.906 bits per heavy atom. The van der Waals surface area contributed by atoms with Gasteiger partial charge in [0.05, 0.1) is 13.0 Å². The summed E-state index contributed by atoms with van der Waals surface area (Å²) in [5, 5.41) is 24.9. The molecule has 4 amide bonds. The lowest BCUT2D eigenvalue weighted by Crippen LogP contribution is -2.58. The number of primary amides is 1. The van der Waals surface area contributed by atoms with Gasteiger partial charge in [-0.15, -0.1) is 0 Å². The summed E-state index contributed by atoms with van der Waals surface area (Å²) in [6.07, 6.45) is -0.342. The van der Waals surface area contributed by atoms with Crippen molar-refractivity contribution in [3.8, 4) is 0 Å². The Balaban J connectivity index is 5.28. The van der Waals surface area contributed by atoms with Crippen LogP contribution in [0.2, 0.25) is 0 Å².